The maximum atomic E-state index is 12.5. The van der Waals surface area contributed by atoms with Gasteiger partial charge in [0.25, 0.3) is 5.91 Å². The number of aromatic nitrogens is 1. The third-order valence-corrected chi connectivity index (χ3v) is 5.06. The average Bonchev–Trinajstić information content (AvgIpc) is 3.09. The van der Waals surface area contributed by atoms with Gasteiger partial charge < -0.3 is 10.1 Å². The van der Waals surface area contributed by atoms with E-state index in [2.05, 4.69) is 10.3 Å². The molecule has 0 aliphatic rings. The minimum Gasteiger partial charge on any atom is -0.494 e. The monoisotopic (exact) mass is 366 g/mol. The molecule has 1 heterocycles. The predicted octanol–water partition coefficient (Wildman–Crippen LogP) is 5.01. The van der Waals surface area contributed by atoms with Gasteiger partial charge in [0, 0.05) is 22.2 Å². The van der Waals surface area contributed by atoms with Crippen LogP contribution >= 0.6 is 11.3 Å². The molecule has 1 amide bonds. The lowest BCUT2D eigenvalue weighted by atomic mass is 10.1. The fourth-order valence-corrected chi connectivity index (χ4v) is 3.44. The molecule has 3 rings (SSSR count). The van der Waals surface area contributed by atoms with E-state index in [-0.39, 0.29) is 11.9 Å². The number of nitrogens with zero attached hydrogens (tertiary/aromatic N) is 1. The highest BCUT2D eigenvalue weighted by Gasteiger charge is 2.12. The molecule has 0 spiro atoms. The number of carbonyl (C=O) groups is 1. The summed E-state index contributed by atoms with van der Waals surface area (Å²) in [5.41, 5.74) is 3.71. The second-order valence-corrected chi connectivity index (χ2v) is 6.93. The molecule has 1 atom stereocenters. The van der Waals surface area contributed by atoms with Crippen molar-refractivity contribution in [2.75, 3.05) is 6.61 Å². The fraction of sp³-hybridized carbons (Fsp3) is 0.238. The van der Waals surface area contributed by atoms with Gasteiger partial charge in [-0.2, -0.15) is 0 Å². The van der Waals surface area contributed by atoms with Crippen LogP contribution in [-0.2, 0) is 0 Å². The van der Waals surface area contributed by atoms with Crippen molar-refractivity contribution < 1.29 is 9.53 Å². The van der Waals surface area contributed by atoms with Crippen LogP contribution in [0.3, 0.4) is 0 Å². The Kier molecular flexibility index (Phi) is 5.68. The lowest BCUT2D eigenvalue weighted by molar-refractivity contribution is 0.0940. The predicted molar refractivity (Wildman–Crippen MR) is 106 cm³/mol. The first kappa shape index (κ1) is 18.1. The van der Waals surface area contributed by atoms with Crippen LogP contribution in [0.1, 0.15) is 41.5 Å². The molecule has 0 saturated carbocycles. The molecule has 2 aromatic carbocycles. The third kappa shape index (κ3) is 4.29. The van der Waals surface area contributed by atoms with E-state index in [0.717, 1.165) is 27.6 Å². The summed E-state index contributed by atoms with van der Waals surface area (Å²) in [6, 6.07) is 15.3. The number of aryl methyl sites for hydroxylation is 1. The normalized spacial score (nSPS) is 11.8. The molecule has 0 radical (unpaired) electrons. The number of thiazole rings is 1. The number of carbonyl (C=O) groups excluding carboxylic acids is 1. The van der Waals surface area contributed by atoms with E-state index in [1.165, 1.54) is 0 Å². The second-order valence-electron chi connectivity index (χ2n) is 6.07. The molecule has 0 fully saturated rings. The molecule has 1 unspecified atom stereocenters. The minimum atomic E-state index is -0.0896. The van der Waals surface area contributed by atoms with Gasteiger partial charge in [0.1, 0.15) is 10.8 Å². The SMILES string of the molecule is CCOc1ccc(C(C)NC(=O)c2ccc(-c3nc(C)cs3)cc2)cc1. The van der Waals surface area contributed by atoms with Crippen LogP contribution in [0, 0.1) is 6.92 Å². The van der Waals surface area contributed by atoms with Gasteiger partial charge in [0.15, 0.2) is 0 Å². The number of hydrogen-bond acceptors (Lipinski definition) is 4. The summed E-state index contributed by atoms with van der Waals surface area (Å²) in [4.78, 5) is 17.0. The zero-order valence-electron chi connectivity index (χ0n) is 15.2. The summed E-state index contributed by atoms with van der Waals surface area (Å²) in [7, 11) is 0. The van der Waals surface area contributed by atoms with Crippen LogP contribution in [0.25, 0.3) is 10.6 Å². The van der Waals surface area contributed by atoms with Crippen molar-refractivity contribution in [2.45, 2.75) is 26.8 Å². The van der Waals surface area contributed by atoms with E-state index in [1.807, 2.05) is 74.7 Å². The van der Waals surface area contributed by atoms with E-state index in [1.54, 1.807) is 11.3 Å². The number of amides is 1. The number of ether oxygens (including phenoxy) is 1. The topological polar surface area (TPSA) is 51.2 Å². The Morgan fingerprint density at radius 3 is 2.42 bits per heavy atom. The number of nitrogens with one attached hydrogen (secondary N) is 1. The van der Waals surface area contributed by atoms with Crippen molar-refractivity contribution in [1.29, 1.82) is 0 Å². The van der Waals surface area contributed by atoms with E-state index in [9.17, 15) is 4.79 Å². The molecule has 134 valence electrons. The van der Waals surface area contributed by atoms with E-state index in [0.29, 0.717) is 12.2 Å². The van der Waals surface area contributed by atoms with Crippen LogP contribution in [-0.4, -0.2) is 17.5 Å². The lowest BCUT2D eigenvalue weighted by Crippen LogP contribution is -2.26. The molecule has 4 nitrogen and oxygen atoms in total. The van der Waals surface area contributed by atoms with Crippen molar-refractivity contribution in [1.82, 2.24) is 10.3 Å². The fourth-order valence-electron chi connectivity index (χ4n) is 2.63. The highest BCUT2D eigenvalue weighted by molar-refractivity contribution is 7.13. The Labute approximate surface area is 157 Å². The summed E-state index contributed by atoms with van der Waals surface area (Å²) in [6.45, 7) is 6.55. The minimum absolute atomic E-state index is 0.0838. The van der Waals surface area contributed by atoms with Gasteiger partial charge >= 0.3 is 0 Å². The largest absolute Gasteiger partial charge is 0.494 e. The summed E-state index contributed by atoms with van der Waals surface area (Å²) in [5.74, 6) is 0.746. The Morgan fingerprint density at radius 2 is 1.85 bits per heavy atom. The third-order valence-electron chi connectivity index (χ3n) is 4.05. The maximum absolute atomic E-state index is 12.5. The molecule has 5 heteroatoms. The van der Waals surface area contributed by atoms with Crippen molar-refractivity contribution in [2.24, 2.45) is 0 Å². The molecule has 0 aliphatic heterocycles. The van der Waals surface area contributed by atoms with E-state index >= 15 is 0 Å². The van der Waals surface area contributed by atoms with E-state index < -0.39 is 0 Å². The first-order chi connectivity index (χ1) is 12.6. The van der Waals surface area contributed by atoms with Gasteiger partial charge in [-0.05, 0) is 50.6 Å². The van der Waals surface area contributed by atoms with Crippen molar-refractivity contribution >= 4 is 17.2 Å². The summed E-state index contributed by atoms with van der Waals surface area (Å²) in [5, 5.41) is 6.03. The van der Waals surface area contributed by atoms with Crippen LogP contribution in [0.2, 0.25) is 0 Å². The quantitative estimate of drug-likeness (QED) is 0.667. The van der Waals surface area contributed by atoms with Gasteiger partial charge in [-0.3, -0.25) is 4.79 Å². The van der Waals surface area contributed by atoms with Gasteiger partial charge in [0.05, 0.1) is 12.6 Å². The van der Waals surface area contributed by atoms with Crippen LogP contribution in [0.5, 0.6) is 5.75 Å². The molecule has 0 aliphatic carbocycles. The van der Waals surface area contributed by atoms with Gasteiger partial charge in [-0.1, -0.05) is 24.3 Å². The van der Waals surface area contributed by atoms with Crippen LogP contribution < -0.4 is 10.1 Å². The van der Waals surface area contributed by atoms with Crippen molar-refractivity contribution in [3.63, 3.8) is 0 Å². The molecule has 26 heavy (non-hydrogen) atoms. The van der Waals surface area contributed by atoms with Gasteiger partial charge in [-0.25, -0.2) is 4.98 Å². The average molecular weight is 366 g/mol. The molecule has 0 bridgehead atoms. The number of benzene rings is 2. The van der Waals surface area contributed by atoms with E-state index in [4.69, 9.17) is 4.74 Å². The number of hydrogen-bond donors (Lipinski definition) is 1. The summed E-state index contributed by atoms with van der Waals surface area (Å²) in [6.07, 6.45) is 0. The number of rotatable bonds is 6. The molecule has 0 saturated heterocycles. The Morgan fingerprint density at radius 1 is 1.15 bits per heavy atom. The first-order valence-corrected chi connectivity index (χ1v) is 9.51. The lowest BCUT2D eigenvalue weighted by Gasteiger charge is -2.15. The smallest absolute Gasteiger partial charge is 0.251 e. The summed E-state index contributed by atoms with van der Waals surface area (Å²) < 4.78 is 5.45. The second kappa shape index (κ2) is 8.15. The zero-order chi connectivity index (χ0) is 18.5. The van der Waals surface area contributed by atoms with Gasteiger partial charge in [0.2, 0.25) is 0 Å². The molecule has 3 aromatic rings. The first-order valence-electron chi connectivity index (χ1n) is 8.63. The molecular formula is C21H22N2O2S. The maximum Gasteiger partial charge on any atom is 0.251 e. The summed E-state index contributed by atoms with van der Waals surface area (Å²) >= 11 is 1.61. The van der Waals surface area contributed by atoms with Crippen molar-refractivity contribution in [3.05, 3.63) is 70.7 Å². The standard InChI is InChI=1S/C21H22N2O2S/c1-4-25-19-11-9-16(10-12-19)15(3)23-20(24)17-5-7-18(8-6-17)21-22-14(2)13-26-21/h5-13,15H,4H2,1-3H3,(H,23,24). The molecule has 1 N–H and O–H groups in total. The highest BCUT2D eigenvalue weighted by atomic mass is 32.1. The van der Waals surface area contributed by atoms with Gasteiger partial charge in [-0.15, -0.1) is 11.3 Å². The molecular weight excluding hydrogens is 344 g/mol. The Bertz CT molecular complexity index is 870. The van der Waals surface area contributed by atoms with Crippen molar-refractivity contribution in [3.8, 4) is 16.3 Å². The zero-order valence-corrected chi connectivity index (χ0v) is 16.0. The molecule has 1 aromatic heterocycles. The highest BCUT2D eigenvalue weighted by Crippen LogP contribution is 2.24. The Balaban J connectivity index is 1.65. The van der Waals surface area contributed by atoms with Crippen LogP contribution in [0.4, 0.5) is 0 Å². The van der Waals surface area contributed by atoms with Crippen LogP contribution in [0.15, 0.2) is 53.9 Å². The Hall–Kier alpha value is -2.66.